The smallest absolute Gasteiger partial charge is 0.251 e. The Morgan fingerprint density at radius 1 is 1.12 bits per heavy atom. The van der Waals surface area contributed by atoms with Gasteiger partial charge in [0.25, 0.3) is 5.91 Å². The van der Waals surface area contributed by atoms with Gasteiger partial charge < -0.3 is 15.0 Å². The fraction of sp³-hybridized carbons (Fsp3) is 0.400. The average Bonchev–Trinajstić information content (AvgIpc) is 2.70. The third-order valence-electron chi connectivity index (χ3n) is 4.49. The molecule has 1 aromatic heterocycles. The first-order valence-corrected chi connectivity index (χ1v) is 9.15. The summed E-state index contributed by atoms with van der Waals surface area (Å²) in [5.74, 6) is 1.78. The van der Waals surface area contributed by atoms with Crippen LogP contribution in [-0.2, 0) is 0 Å². The first-order chi connectivity index (χ1) is 12.8. The fourth-order valence-corrected chi connectivity index (χ4v) is 3.04. The topological polar surface area (TPSA) is 57.7 Å². The number of hydrogen-bond acceptors (Lipinski definition) is 5. The summed E-state index contributed by atoms with van der Waals surface area (Å²) in [6, 6.07) is 13.3. The van der Waals surface area contributed by atoms with Crippen LogP contribution in [0.15, 0.2) is 48.7 Å². The van der Waals surface area contributed by atoms with Crippen LogP contribution in [0.3, 0.4) is 0 Å². The second-order valence-electron chi connectivity index (χ2n) is 6.23. The molecule has 0 aliphatic carbocycles. The molecule has 138 valence electrons. The van der Waals surface area contributed by atoms with Crippen LogP contribution in [0.1, 0.15) is 17.3 Å². The van der Waals surface area contributed by atoms with Gasteiger partial charge in [-0.1, -0.05) is 6.07 Å². The van der Waals surface area contributed by atoms with Crippen LogP contribution >= 0.6 is 0 Å². The van der Waals surface area contributed by atoms with Crippen molar-refractivity contribution in [2.24, 2.45) is 0 Å². The molecule has 0 unspecified atom stereocenters. The van der Waals surface area contributed by atoms with Crippen molar-refractivity contribution in [3.8, 4) is 5.75 Å². The van der Waals surface area contributed by atoms with Crippen molar-refractivity contribution in [2.45, 2.75) is 6.92 Å². The maximum Gasteiger partial charge on any atom is 0.251 e. The predicted octanol–water partition coefficient (Wildman–Crippen LogP) is 2.03. The van der Waals surface area contributed by atoms with Crippen LogP contribution in [0.2, 0.25) is 0 Å². The molecule has 0 bridgehead atoms. The average molecular weight is 354 g/mol. The number of hydrogen-bond donors (Lipinski definition) is 1. The van der Waals surface area contributed by atoms with Crippen LogP contribution in [-0.4, -0.2) is 61.7 Å². The summed E-state index contributed by atoms with van der Waals surface area (Å²) in [5.41, 5.74) is 0.661. The zero-order valence-electron chi connectivity index (χ0n) is 15.2. The number of carbonyl (C=O) groups is 1. The van der Waals surface area contributed by atoms with Crippen molar-refractivity contribution >= 4 is 11.7 Å². The molecule has 1 aliphatic rings. The molecule has 26 heavy (non-hydrogen) atoms. The molecule has 1 fully saturated rings. The highest BCUT2D eigenvalue weighted by molar-refractivity contribution is 5.94. The van der Waals surface area contributed by atoms with Gasteiger partial charge in [-0.3, -0.25) is 9.69 Å². The molecule has 0 spiro atoms. The molecule has 2 aromatic rings. The quantitative estimate of drug-likeness (QED) is 0.825. The molecule has 0 atom stereocenters. The number of nitrogens with one attached hydrogen (secondary N) is 1. The van der Waals surface area contributed by atoms with Crippen LogP contribution in [0.25, 0.3) is 0 Å². The minimum absolute atomic E-state index is 0.0415. The van der Waals surface area contributed by atoms with Gasteiger partial charge in [-0.05, 0) is 43.3 Å². The van der Waals surface area contributed by atoms with Gasteiger partial charge in [-0.2, -0.15) is 0 Å². The Hall–Kier alpha value is -2.60. The fourth-order valence-electron chi connectivity index (χ4n) is 3.04. The van der Waals surface area contributed by atoms with E-state index < -0.39 is 0 Å². The van der Waals surface area contributed by atoms with Gasteiger partial charge in [0, 0.05) is 51.0 Å². The lowest BCUT2D eigenvalue weighted by Crippen LogP contribution is -2.48. The summed E-state index contributed by atoms with van der Waals surface area (Å²) >= 11 is 0. The van der Waals surface area contributed by atoms with Crippen molar-refractivity contribution < 1.29 is 9.53 Å². The second-order valence-corrected chi connectivity index (χ2v) is 6.23. The summed E-state index contributed by atoms with van der Waals surface area (Å²) in [4.78, 5) is 21.3. The molecule has 0 saturated carbocycles. The number of ether oxygens (including phenoxy) is 1. The maximum absolute atomic E-state index is 12.2. The van der Waals surface area contributed by atoms with Crippen LogP contribution in [0.4, 0.5) is 5.82 Å². The summed E-state index contributed by atoms with van der Waals surface area (Å²) < 4.78 is 5.39. The van der Waals surface area contributed by atoms with Gasteiger partial charge in [-0.15, -0.1) is 0 Å². The molecular formula is C20H26N4O2. The Balaban J connectivity index is 1.38. The third-order valence-corrected chi connectivity index (χ3v) is 4.49. The highest BCUT2D eigenvalue weighted by Crippen LogP contribution is 2.13. The summed E-state index contributed by atoms with van der Waals surface area (Å²) in [7, 11) is 0. The van der Waals surface area contributed by atoms with E-state index in [4.69, 9.17) is 4.74 Å². The summed E-state index contributed by atoms with van der Waals surface area (Å²) in [5, 5.41) is 2.99. The monoisotopic (exact) mass is 354 g/mol. The Bertz CT molecular complexity index is 683. The van der Waals surface area contributed by atoms with E-state index >= 15 is 0 Å². The van der Waals surface area contributed by atoms with Crippen molar-refractivity contribution in [1.29, 1.82) is 0 Å². The van der Waals surface area contributed by atoms with Gasteiger partial charge in [0.15, 0.2) is 0 Å². The van der Waals surface area contributed by atoms with E-state index in [-0.39, 0.29) is 5.91 Å². The third kappa shape index (κ3) is 4.95. The number of benzene rings is 1. The van der Waals surface area contributed by atoms with E-state index in [1.54, 1.807) is 12.1 Å². The maximum atomic E-state index is 12.2. The van der Waals surface area contributed by atoms with Crippen LogP contribution in [0, 0.1) is 0 Å². The summed E-state index contributed by atoms with van der Waals surface area (Å²) in [6.45, 7) is 7.96. The first kappa shape index (κ1) is 18.2. The molecule has 2 heterocycles. The van der Waals surface area contributed by atoms with Gasteiger partial charge in [0.05, 0.1) is 6.61 Å². The van der Waals surface area contributed by atoms with Crippen molar-refractivity contribution in [3.05, 3.63) is 54.2 Å². The molecule has 1 aliphatic heterocycles. The molecule has 6 nitrogen and oxygen atoms in total. The number of aromatic nitrogens is 1. The van der Waals surface area contributed by atoms with Gasteiger partial charge >= 0.3 is 0 Å². The lowest BCUT2D eigenvalue weighted by Gasteiger charge is -2.35. The van der Waals surface area contributed by atoms with E-state index in [1.807, 2.05) is 43.5 Å². The second kappa shape index (κ2) is 9.20. The van der Waals surface area contributed by atoms with Crippen molar-refractivity contribution in [1.82, 2.24) is 15.2 Å². The number of carbonyl (C=O) groups excluding carboxylic acids is 1. The molecule has 6 heteroatoms. The van der Waals surface area contributed by atoms with E-state index in [1.165, 1.54) is 0 Å². The van der Waals surface area contributed by atoms with E-state index in [0.717, 1.165) is 44.3 Å². The van der Waals surface area contributed by atoms with Crippen molar-refractivity contribution in [3.63, 3.8) is 0 Å². The van der Waals surface area contributed by atoms with Crippen molar-refractivity contribution in [2.75, 3.05) is 50.8 Å². The van der Waals surface area contributed by atoms with Crippen LogP contribution < -0.4 is 15.0 Å². The zero-order valence-corrected chi connectivity index (χ0v) is 15.2. The molecule has 3 rings (SSSR count). The largest absolute Gasteiger partial charge is 0.494 e. The van der Waals surface area contributed by atoms with E-state index in [9.17, 15) is 4.79 Å². The predicted molar refractivity (Wildman–Crippen MR) is 103 cm³/mol. The number of anilines is 1. The lowest BCUT2D eigenvalue weighted by atomic mass is 10.2. The number of pyridine rings is 1. The Morgan fingerprint density at radius 2 is 1.88 bits per heavy atom. The minimum Gasteiger partial charge on any atom is -0.494 e. The van der Waals surface area contributed by atoms with E-state index in [2.05, 4.69) is 20.1 Å². The number of rotatable bonds is 7. The molecule has 1 N–H and O–H groups in total. The Labute approximate surface area is 154 Å². The Morgan fingerprint density at radius 3 is 2.54 bits per heavy atom. The zero-order chi connectivity index (χ0) is 18.2. The van der Waals surface area contributed by atoms with Crippen LogP contribution in [0.5, 0.6) is 5.75 Å². The van der Waals surface area contributed by atoms with Gasteiger partial charge in [0.1, 0.15) is 11.6 Å². The lowest BCUT2D eigenvalue weighted by molar-refractivity contribution is 0.0947. The molecule has 1 aromatic carbocycles. The highest BCUT2D eigenvalue weighted by atomic mass is 16.5. The molecule has 0 radical (unpaired) electrons. The number of nitrogens with zero attached hydrogens (tertiary/aromatic N) is 3. The SMILES string of the molecule is CCOc1ccc(C(=O)NCCN2CCN(c3ccccn3)CC2)cc1. The standard InChI is InChI=1S/C20H26N4O2/c1-2-26-18-8-6-17(7-9-18)20(25)22-11-12-23-13-15-24(16-14-23)19-5-3-4-10-21-19/h3-10H,2,11-16H2,1H3,(H,22,25). The highest BCUT2D eigenvalue weighted by Gasteiger charge is 2.17. The van der Waals surface area contributed by atoms with Gasteiger partial charge in [-0.25, -0.2) is 4.98 Å². The number of amides is 1. The normalized spacial score (nSPS) is 14.9. The molecule has 1 saturated heterocycles. The van der Waals surface area contributed by atoms with Gasteiger partial charge in [0.2, 0.25) is 0 Å². The van der Waals surface area contributed by atoms with E-state index in [0.29, 0.717) is 18.7 Å². The summed E-state index contributed by atoms with van der Waals surface area (Å²) in [6.07, 6.45) is 1.83. The molecular weight excluding hydrogens is 328 g/mol. The number of piperazine rings is 1. The Kier molecular flexibility index (Phi) is 6.44. The molecule has 1 amide bonds. The first-order valence-electron chi connectivity index (χ1n) is 9.15. The minimum atomic E-state index is -0.0415.